The van der Waals surface area contributed by atoms with Crippen LogP contribution in [0.5, 0.6) is 5.88 Å². The molecule has 6 nitrogen and oxygen atoms in total. The average Bonchev–Trinajstić information content (AvgIpc) is 3.44. The minimum Gasteiger partial charge on any atom is -0.477 e. The number of carbonyl (C=O) groups is 1. The van der Waals surface area contributed by atoms with Gasteiger partial charge in [0.15, 0.2) is 0 Å². The highest BCUT2D eigenvalue weighted by molar-refractivity contribution is 5.73. The molecule has 1 aromatic carbocycles. The highest BCUT2D eigenvalue weighted by Gasteiger charge is 2.24. The van der Waals surface area contributed by atoms with Crippen LogP contribution in [0.1, 0.15) is 42.9 Å². The summed E-state index contributed by atoms with van der Waals surface area (Å²) in [6, 6.07) is 14.3. The van der Waals surface area contributed by atoms with E-state index in [1.165, 1.54) is 31.2 Å². The zero-order valence-corrected chi connectivity index (χ0v) is 16.8. The molecule has 2 N–H and O–H groups in total. The van der Waals surface area contributed by atoms with Crippen LogP contribution >= 0.6 is 0 Å². The Balaban J connectivity index is 1.24. The molecule has 1 atom stereocenters. The SMILES string of the molecule is O=C(NCc1ccc(OCC2CC2)nc1)NCC(c1ccccc1)N1CCCC1. The van der Waals surface area contributed by atoms with E-state index in [1.807, 2.05) is 18.2 Å². The number of rotatable bonds is 9. The summed E-state index contributed by atoms with van der Waals surface area (Å²) in [6.07, 6.45) is 6.74. The Morgan fingerprint density at radius 1 is 1.10 bits per heavy atom. The molecular formula is C23H30N4O2. The summed E-state index contributed by atoms with van der Waals surface area (Å²) in [7, 11) is 0. The van der Waals surface area contributed by atoms with E-state index in [9.17, 15) is 4.79 Å². The monoisotopic (exact) mass is 394 g/mol. The summed E-state index contributed by atoms with van der Waals surface area (Å²) in [5.74, 6) is 1.36. The topological polar surface area (TPSA) is 66.5 Å². The van der Waals surface area contributed by atoms with Crippen LogP contribution in [0.15, 0.2) is 48.7 Å². The number of carbonyl (C=O) groups excluding carboxylic acids is 1. The minimum absolute atomic E-state index is 0.154. The second kappa shape index (κ2) is 9.74. The van der Waals surface area contributed by atoms with E-state index >= 15 is 0 Å². The molecular weight excluding hydrogens is 364 g/mol. The lowest BCUT2D eigenvalue weighted by molar-refractivity contribution is 0.220. The maximum atomic E-state index is 12.3. The van der Waals surface area contributed by atoms with Gasteiger partial charge in [-0.1, -0.05) is 36.4 Å². The number of nitrogens with zero attached hydrogens (tertiary/aromatic N) is 2. The van der Waals surface area contributed by atoms with E-state index in [4.69, 9.17) is 4.74 Å². The molecule has 2 fully saturated rings. The molecule has 0 spiro atoms. The molecule has 154 valence electrons. The van der Waals surface area contributed by atoms with Crippen molar-refractivity contribution in [1.29, 1.82) is 0 Å². The van der Waals surface area contributed by atoms with Crippen LogP contribution in [-0.2, 0) is 6.54 Å². The predicted octanol–water partition coefficient (Wildman–Crippen LogP) is 3.51. The molecule has 2 heterocycles. The zero-order valence-electron chi connectivity index (χ0n) is 16.8. The maximum Gasteiger partial charge on any atom is 0.315 e. The molecule has 1 aliphatic carbocycles. The maximum absolute atomic E-state index is 12.3. The third-order valence-electron chi connectivity index (χ3n) is 5.64. The van der Waals surface area contributed by atoms with Crippen molar-refractivity contribution in [2.75, 3.05) is 26.2 Å². The first-order valence-electron chi connectivity index (χ1n) is 10.7. The fourth-order valence-corrected chi connectivity index (χ4v) is 3.71. The van der Waals surface area contributed by atoms with Gasteiger partial charge in [0.05, 0.1) is 12.6 Å². The second-order valence-electron chi connectivity index (χ2n) is 7.99. The van der Waals surface area contributed by atoms with Gasteiger partial charge in [-0.05, 0) is 55.8 Å². The summed E-state index contributed by atoms with van der Waals surface area (Å²) >= 11 is 0. The van der Waals surface area contributed by atoms with Crippen molar-refractivity contribution in [1.82, 2.24) is 20.5 Å². The Morgan fingerprint density at radius 3 is 2.59 bits per heavy atom. The van der Waals surface area contributed by atoms with Crippen molar-refractivity contribution in [3.63, 3.8) is 0 Å². The molecule has 4 rings (SSSR count). The lowest BCUT2D eigenvalue weighted by atomic mass is 10.1. The number of amides is 2. The molecule has 1 aliphatic heterocycles. The molecule has 29 heavy (non-hydrogen) atoms. The van der Waals surface area contributed by atoms with Crippen molar-refractivity contribution >= 4 is 6.03 Å². The Morgan fingerprint density at radius 2 is 1.90 bits per heavy atom. The van der Waals surface area contributed by atoms with Gasteiger partial charge in [0.2, 0.25) is 5.88 Å². The van der Waals surface area contributed by atoms with Gasteiger partial charge in [-0.25, -0.2) is 9.78 Å². The number of pyridine rings is 1. The van der Waals surface area contributed by atoms with E-state index in [1.54, 1.807) is 6.20 Å². The highest BCUT2D eigenvalue weighted by Crippen LogP contribution is 2.29. The molecule has 2 amide bonds. The lowest BCUT2D eigenvalue weighted by Gasteiger charge is -2.28. The van der Waals surface area contributed by atoms with Gasteiger partial charge < -0.3 is 15.4 Å². The number of benzene rings is 1. The summed E-state index contributed by atoms with van der Waals surface area (Å²) in [5.41, 5.74) is 2.21. The van der Waals surface area contributed by atoms with Gasteiger partial charge in [-0.3, -0.25) is 4.90 Å². The number of hydrogen-bond acceptors (Lipinski definition) is 4. The Hall–Kier alpha value is -2.60. The first-order valence-corrected chi connectivity index (χ1v) is 10.7. The minimum atomic E-state index is -0.154. The Kier molecular flexibility index (Phi) is 6.62. The smallest absolute Gasteiger partial charge is 0.315 e. The van der Waals surface area contributed by atoms with Crippen molar-refractivity contribution in [3.8, 4) is 5.88 Å². The summed E-state index contributed by atoms with van der Waals surface area (Å²) < 4.78 is 5.65. The fourth-order valence-electron chi connectivity index (χ4n) is 3.71. The standard InChI is InChI=1S/C23H30N4O2/c28-23(25-15-19-10-11-22(24-14-19)29-17-18-8-9-18)26-16-21(27-12-4-5-13-27)20-6-2-1-3-7-20/h1-3,6-7,10-11,14,18,21H,4-5,8-9,12-13,15-17H2,(H2,25,26,28). The summed E-state index contributed by atoms with van der Waals surface area (Å²) in [5, 5.41) is 5.97. The highest BCUT2D eigenvalue weighted by atomic mass is 16.5. The van der Waals surface area contributed by atoms with Crippen molar-refractivity contribution < 1.29 is 9.53 Å². The predicted molar refractivity (Wildman–Crippen MR) is 113 cm³/mol. The molecule has 1 unspecified atom stereocenters. The number of urea groups is 1. The zero-order chi connectivity index (χ0) is 19.9. The third-order valence-corrected chi connectivity index (χ3v) is 5.64. The quantitative estimate of drug-likeness (QED) is 0.683. The van der Waals surface area contributed by atoms with E-state index in [2.05, 4.69) is 44.8 Å². The van der Waals surface area contributed by atoms with Crippen LogP contribution in [0.4, 0.5) is 4.79 Å². The average molecular weight is 395 g/mol. The van der Waals surface area contributed by atoms with Crippen molar-refractivity contribution in [2.24, 2.45) is 5.92 Å². The molecule has 2 aromatic rings. The number of likely N-dealkylation sites (tertiary alicyclic amines) is 1. The van der Waals surface area contributed by atoms with Crippen LogP contribution < -0.4 is 15.4 Å². The Labute approximate surface area is 172 Å². The summed E-state index contributed by atoms with van der Waals surface area (Å²) in [6.45, 7) is 3.98. The molecule has 0 bridgehead atoms. The molecule has 6 heteroatoms. The molecule has 2 aliphatic rings. The largest absolute Gasteiger partial charge is 0.477 e. The number of ether oxygens (including phenoxy) is 1. The number of aromatic nitrogens is 1. The molecule has 1 saturated carbocycles. The van der Waals surface area contributed by atoms with Crippen molar-refractivity contribution in [3.05, 3.63) is 59.8 Å². The van der Waals surface area contributed by atoms with Gasteiger partial charge in [-0.15, -0.1) is 0 Å². The number of hydrogen-bond donors (Lipinski definition) is 2. The van der Waals surface area contributed by atoms with Crippen molar-refractivity contribution in [2.45, 2.75) is 38.3 Å². The van der Waals surface area contributed by atoms with Crippen LogP contribution in [0, 0.1) is 5.92 Å². The van der Waals surface area contributed by atoms with Gasteiger partial charge in [0.25, 0.3) is 0 Å². The third kappa shape index (κ3) is 5.94. The van der Waals surface area contributed by atoms with Gasteiger partial charge in [-0.2, -0.15) is 0 Å². The van der Waals surface area contributed by atoms with E-state index in [-0.39, 0.29) is 12.1 Å². The first kappa shape index (κ1) is 19.7. The van der Waals surface area contributed by atoms with E-state index in [0.29, 0.717) is 24.9 Å². The van der Waals surface area contributed by atoms with Crippen LogP contribution in [0.25, 0.3) is 0 Å². The van der Waals surface area contributed by atoms with Gasteiger partial charge >= 0.3 is 6.03 Å². The van der Waals surface area contributed by atoms with Gasteiger partial charge in [0, 0.05) is 25.4 Å². The van der Waals surface area contributed by atoms with E-state index in [0.717, 1.165) is 25.3 Å². The normalized spacial score (nSPS) is 17.7. The number of nitrogens with one attached hydrogen (secondary N) is 2. The van der Waals surface area contributed by atoms with Crippen LogP contribution in [0.3, 0.4) is 0 Å². The summed E-state index contributed by atoms with van der Waals surface area (Å²) in [4.78, 5) is 19.1. The molecule has 1 saturated heterocycles. The van der Waals surface area contributed by atoms with E-state index < -0.39 is 0 Å². The molecule has 1 aromatic heterocycles. The first-order chi connectivity index (χ1) is 14.3. The fraction of sp³-hybridized carbons (Fsp3) is 0.478. The van der Waals surface area contributed by atoms with Crippen LogP contribution in [-0.4, -0.2) is 42.2 Å². The second-order valence-corrected chi connectivity index (χ2v) is 7.99. The lowest BCUT2D eigenvalue weighted by Crippen LogP contribution is -2.41. The van der Waals surface area contributed by atoms with Crippen LogP contribution in [0.2, 0.25) is 0 Å². The van der Waals surface area contributed by atoms with Gasteiger partial charge in [0.1, 0.15) is 0 Å². The molecule has 0 radical (unpaired) electrons. The Bertz CT molecular complexity index is 771.